The minimum atomic E-state index is -0.828. The summed E-state index contributed by atoms with van der Waals surface area (Å²) in [5, 5.41) is 27.3. The van der Waals surface area contributed by atoms with Crippen LogP contribution in [0.25, 0.3) is 10.9 Å². The number of benzene rings is 2. The van der Waals surface area contributed by atoms with E-state index in [4.69, 9.17) is 11.6 Å². The molecule has 38 heavy (non-hydrogen) atoms. The van der Waals surface area contributed by atoms with E-state index < -0.39 is 5.44 Å². The Morgan fingerprint density at radius 1 is 1.18 bits per heavy atom. The first-order chi connectivity index (χ1) is 18.4. The molecule has 6 rings (SSSR count). The first kappa shape index (κ1) is 24.7. The van der Waals surface area contributed by atoms with Gasteiger partial charge in [-0.3, -0.25) is 4.98 Å². The van der Waals surface area contributed by atoms with Gasteiger partial charge < -0.3 is 10.6 Å². The molecule has 2 saturated carbocycles. The molecule has 2 heterocycles. The van der Waals surface area contributed by atoms with E-state index in [1.54, 1.807) is 18.3 Å². The molecule has 2 aromatic heterocycles. The Balaban J connectivity index is 1.45. The number of halogens is 2. The monoisotopic (exact) mass is 527 g/mol. The summed E-state index contributed by atoms with van der Waals surface area (Å²) in [7, 11) is 2.00. The zero-order chi connectivity index (χ0) is 26.4. The third kappa shape index (κ3) is 4.47. The van der Waals surface area contributed by atoms with Gasteiger partial charge in [-0.25, -0.2) is 9.07 Å². The molecular formula is C28H28BClFN7. The summed E-state index contributed by atoms with van der Waals surface area (Å²) in [5.74, 6) is 0.204. The first-order valence-electron chi connectivity index (χ1n) is 13.1. The molecule has 2 aliphatic carbocycles. The largest absolute Gasteiger partial charge is 0.380 e. The lowest BCUT2D eigenvalue weighted by Gasteiger charge is -2.31. The van der Waals surface area contributed by atoms with Crippen LogP contribution in [0.5, 0.6) is 0 Å². The van der Waals surface area contributed by atoms with E-state index in [2.05, 4.69) is 38.9 Å². The van der Waals surface area contributed by atoms with Crippen LogP contribution in [0.2, 0.25) is 5.02 Å². The quantitative estimate of drug-likeness (QED) is 0.314. The molecule has 0 bridgehead atoms. The lowest BCUT2D eigenvalue weighted by molar-refractivity contribution is 0.556. The van der Waals surface area contributed by atoms with Gasteiger partial charge in [-0.15, -0.1) is 5.10 Å². The highest BCUT2D eigenvalue weighted by molar-refractivity contribution is 6.36. The standard InChI is InChI=1S/C28H28BClFN7/c1-16-3-2-4-24(16)34-26-17(13-32)14-33-27-22(26)11-20(12-23(27)30)35-28(29,18-5-7-19(31)8-6-18)25-15-38(37-36-25)21-9-10-21/h5-8,11-12,14-16,21,24,35H,2-4,9-10,29H2,1H3,(H,33,34)/t16-,24+,28?/m1/s1. The molecule has 0 spiro atoms. The number of nitriles is 1. The van der Waals surface area contributed by atoms with Gasteiger partial charge in [0.15, 0.2) is 0 Å². The van der Waals surface area contributed by atoms with Crippen molar-refractivity contribution in [3.8, 4) is 6.07 Å². The van der Waals surface area contributed by atoms with Gasteiger partial charge in [-0.1, -0.05) is 42.3 Å². The molecule has 10 heteroatoms. The van der Waals surface area contributed by atoms with E-state index in [9.17, 15) is 9.65 Å². The zero-order valence-electron chi connectivity index (χ0n) is 21.4. The molecule has 192 valence electrons. The summed E-state index contributed by atoms with van der Waals surface area (Å²) in [4.78, 5) is 4.51. The van der Waals surface area contributed by atoms with Crippen LogP contribution < -0.4 is 10.6 Å². The smallest absolute Gasteiger partial charge is 0.148 e. The highest BCUT2D eigenvalue weighted by Crippen LogP contribution is 2.39. The maximum Gasteiger partial charge on any atom is 0.148 e. The molecule has 0 amide bonds. The minimum absolute atomic E-state index is 0.282. The van der Waals surface area contributed by atoms with Gasteiger partial charge in [0.25, 0.3) is 0 Å². The molecule has 2 aromatic carbocycles. The van der Waals surface area contributed by atoms with Gasteiger partial charge in [-0.2, -0.15) is 5.26 Å². The van der Waals surface area contributed by atoms with E-state index in [1.807, 2.05) is 30.9 Å². The topological polar surface area (TPSA) is 91.5 Å². The third-order valence-corrected chi connectivity index (χ3v) is 8.28. The summed E-state index contributed by atoms with van der Waals surface area (Å²) < 4.78 is 15.8. The molecular weight excluding hydrogens is 500 g/mol. The van der Waals surface area contributed by atoms with Gasteiger partial charge in [0, 0.05) is 23.3 Å². The Hall–Kier alpha value is -3.64. The average Bonchev–Trinajstić information content (AvgIpc) is 3.49. The number of nitrogens with zero attached hydrogens (tertiary/aromatic N) is 5. The Kier molecular flexibility index (Phi) is 6.23. The molecule has 0 aliphatic heterocycles. The van der Waals surface area contributed by atoms with Crippen molar-refractivity contribution in [2.75, 3.05) is 10.6 Å². The van der Waals surface area contributed by atoms with Crippen molar-refractivity contribution in [2.45, 2.75) is 56.5 Å². The number of anilines is 2. The van der Waals surface area contributed by atoms with Crippen molar-refractivity contribution < 1.29 is 4.39 Å². The fourth-order valence-electron chi connectivity index (χ4n) is 5.50. The van der Waals surface area contributed by atoms with Gasteiger partial charge in [-0.05, 0) is 61.4 Å². The Morgan fingerprint density at radius 3 is 2.66 bits per heavy atom. The van der Waals surface area contributed by atoms with Crippen molar-refractivity contribution in [2.24, 2.45) is 5.92 Å². The number of nitrogens with one attached hydrogen (secondary N) is 2. The van der Waals surface area contributed by atoms with E-state index in [-0.39, 0.29) is 11.9 Å². The van der Waals surface area contributed by atoms with Crippen LogP contribution in [0, 0.1) is 23.1 Å². The lowest BCUT2D eigenvalue weighted by atomic mass is 9.69. The lowest BCUT2D eigenvalue weighted by Crippen LogP contribution is -2.37. The second-order valence-corrected chi connectivity index (χ2v) is 11.2. The van der Waals surface area contributed by atoms with Gasteiger partial charge in [0.05, 0.1) is 39.5 Å². The van der Waals surface area contributed by atoms with Crippen LogP contribution in [-0.2, 0) is 5.44 Å². The molecule has 2 fully saturated rings. The van der Waals surface area contributed by atoms with Gasteiger partial charge >= 0.3 is 0 Å². The van der Waals surface area contributed by atoms with Crippen molar-refractivity contribution in [3.05, 3.63) is 76.5 Å². The van der Waals surface area contributed by atoms with Crippen molar-refractivity contribution in [1.29, 1.82) is 5.26 Å². The number of pyridine rings is 1. The van der Waals surface area contributed by atoms with Crippen LogP contribution in [0.1, 0.15) is 61.9 Å². The predicted molar refractivity (Wildman–Crippen MR) is 150 cm³/mol. The Morgan fingerprint density at radius 2 is 1.97 bits per heavy atom. The third-order valence-electron chi connectivity index (χ3n) is 8.00. The highest BCUT2D eigenvalue weighted by Gasteiger charge is 2.35. The number of rotatable bonds is 7. The van der Waals surface area contributed by atoms with Crippen molar-refractivity contribution in [1.82, 2.24) is 20.0 Å². The fraction of sp³-hybridized carbons (Fsp3) is 0.357. The van der Waals surface area contributed by atoms with E-state index in [0.717, 1.165) is 54.4 Å². The van der Waals surface area contributed by atoms with Gasteiger partial charge in [0.2, 0.25) is 0 Å². The van der Waals surface area contributed by atoms with Gasteiger partial charge in [0.1, 0.15) is 25.4 Å². The Labute approximate surface area is 226 Å². The molecule has 4 aromatic rings. The summed E-state index contributed by atoms with van der Waals surface area (Å²) >= 11 is 6.78. The van der Waals surface area contributed by atoms with Crippen LogP contribution in [-0.4, -0.2) is 33.9 Å². The van der Waals surface area contributed by atoms with E-state index in [1.165, 1.54) is 12.1 Å². The number of hydrogen-bond acceptors (Lipinski definition) is 6. The SMILES string of the molecule is BC(Nc1cc(Cl)c2ncc(C#N)c(N[C@H]3CCC[C@H]3C)c2c1)(c1ccc(F)cc1)c1cn(C2CC2)nn1. The normalized spacial score (nSPS) is 20.7. The fourth-order valence-corrected chi connectivity index (χ4v) is 5.76. The van der Waals surface area contributed by atoms with Crippen LogP contribution in [0.4, 0.5) is 15.8 Å². The molecule has 1 unspecified atom stereocenters. The molecule has 3 atom stereocenters. The number of aromatic nitrogens is 4. The summed E-state index contributed by atoms with van der Waals surface area (Å²) in [6.07, 6.45) is 9.10. The predicted octanol–water partition coefficient (Wildman–Crippen LogP) is 5.37. The van der Waals surface area contributed by atoms with E-state index >= 15 is 0 Å². The van der Waals surface area contributed by atoms with Crippen LogP contribution >= 0.6 is 11.6 Å². The number of hydrogen-bond donors (Lipinski definition) is 2. The average molecular weight is 528 g/mol. The van der Waals surface area contributed by atoms with E-state index in [0.29, 0.717) is 33.8 Å². The minimum Gasteiger partial charge on any atom is -0.380 e. The second-order valence-electron chi connectivity index (χ2n) is 10.7. The summed E-state index contributed by atoms with van der Waals surface area (Å²) in [5.41, 5.74) is 3.33. The first-order valence-corrected chi connectivity index (χ1v) is 13.5. The molecule has 0 radical (unpaired) electrons. The summed E-state index contributed by atoms with van der Waals surface area (Å²) in [6, 6.07) is 13.2. The molecule has 0 saturated heterocycles. The maximum atomic E-state index is 13.9. The number of fused-ring (bicyclic) bond motifs is 1. The second kappa shape index (κ2) is 9.59. The van der Waals surface area contributed by atoms with Crippen LogP contribution in [0.15, 0.2) is 48.8 Å². The van der Waals surface area contributed by atoms with Crippen LogP contribution in [0.3, 0.4) is 0 Å². The molecule has 2 aliphatic rings. The van der Waals surface area contributed by atoms with Crippen molar-refractivity contribution in [3.63, 3.8) is 0 Å². The maximum absolute atomic E-state index is 13.9. The molecule has 2 N–H and O–H groups in total. The Bertz CT molecular complexity index is 1550. The summed E-state index contributed by atoms with van der Waals surface area (Å²) in [6.45, 7) is 2.24. The highest BCUT2D eigenvalue weighted by atomic mass is 35.5. The molecule has 7 nitrogen and oxygen atoms in total. The zero-order valence-corrected chi connectivity index (χ0v) is 22.1. The van der Waals surface area contributed by atoms with Crippen molar-refractivity contribution >= 4 is 41.7 Å².